The minimum absolute atomic E-state index is 0.0850. The number of morpholine rings is 1. The second-order valence-electron chi connectivity index (χ2n) is 5.46. The van der Waals surface area contributed by atoms with Crippen LogP contribution in [-0.2, 0) is 14.3 Å². The molecule has 0 aromatic carbocycles. The third kappa shape index (κ3) is 4.27. The average molecular weight is 258 g/mol. The lowest BCUT2D eigenvalue weighted by Gasteiger charge is -2.42. The van der Waals surface area contributed by atoms with Crippen LogP contribution in [0.5, 0.6) is 0 Å². The van der Waals surface area contributed by atoms with Gasteiger partial charge in [-0.2, -0.15) is 0 Å². The summed E-state index contributed by atoms with van der Waals surface area (Å²) in [6.45, 7) is 8.39. The Bertz CT molecular complexity index is 330. The van der Waals surface area contributed by atoms with E-state index >= 15 is 0 Å². The first-order valence-electron chi connectivity index (χ1n) is 6.09. The van der Waals surface area contributed by atoms with Crippen LogP contribution < -0.4 is 5.32 Å². The van der Waals surface area contributed by atoms with Gasteiger partial charge in [0.1, 0.15) is 6.04 Å². The number of carbonyl (C=O) groups excluding carboxylic acids is 1. The van der Waals surface area contributed by atoms with Crippen molar-refractivity contribution in [3.8, 4) is 0 Å². The molecule has 1 unspecified atom stereocenters. The number of rotatable bonds is 4. The summed E-state index contributed by atoms with van der Waals surface area (Å²) in [5, 5.41) is 11.9. The summed E-state index contributed by atoms with van der Waals surface area (Å²) < 4.78 is 5.52. The number of aliphatic carboxylic acids is 1. The van der Waals surface area contributed by atoms with Crippen molar-refractivity contribution in [2.75, 3.05) is 19.7 Å². The molecule has 0 aliphatic carbocycles. The molecular weight excluding hydrogens is 236 g/mol. The predicted octanol–water partition coefficient (Wildman–Crippen LogP) is 0.0750. The number of hydrogen-bond donors (Lipinski definition) is 2. The SMILES string of the molecule is CC(=O)NC(C)CN1CC(C)(C)OC[C@H]1C(=O)O. The summed E-state index contributed by atoms with van der Waals surface area (Å²) in [6.07, 6.45) is 0. The second-order valence-corrected chi connectivity index (χ2v) is 5.46. The molecule has 0 spiro atoms. The Hall–Kier alpha value is -1.14. The molecule has 18 heavy (non-hydrogen) atoms. The summed E-state index contributed by atoms with van der Waals surface area (Å²) in [6, 6.07) is -0.729. The zero-order valence-electron chi connectivity index (χ0n) is 11.4. The normalized spacial score (nSPS) is 25.4. The lowest BCUT2D eigenvalue weighted by molar-refractivity contribution is -0.162. The van der Waals surface area contributed by atoms with E-state index in [1.807, 2.05) is 25.7 Å². The number of carboxylic acids is 1. The zero-order valence-corrected chi connectivity index (χ0v) is 11.4. The van der Waals surface area contributed by atoms with Crippen LogP contribution in [0.2, 0.25) is 0 Å². The molecule has 1 rings (SSSR count). The van der Waals surface area contributed by atoms with Gasteiger partial charge in [0.15, 0.2) is 0 Å². The molecule has 0 aromatic rings. The van der Waals surface area contributed by atoms with Gasteiger partial charge in [-0.1, -0.05) is 0 Å². The van der Waals surface area contributed by atoms with Gasteiger partial charge in [-0.25, -0.2) is 0 Å². The molecular formula is C12H22N2O4. The minimum atomic E-state index is -0.888. The fraction of sp³-hybridized carbons (Fsp3) is 0.833. The fourth-order valence-corrected chi connectivity index (χ4v) is 2.22. The highest BCUT2D eigenvalue weighted by Gasteiger charge is 2.37. The van der Waals surface area contributed by atoms with E-state index in [2.05, 4.69) is 5.32 Å². The van der Waals surface area contributed by atoms with Crippen molar-refractivity contribution in [1.29, 1.82) is 0 Å². The highest BCUT2D eigenvalue weighted by molar-refractivity contribution is 5.74. The number of carboxylic acid groups (broad SMARTS) is 1. The van der Waals surface area contributed by atoms with Crippen LogP contribution in [0.4, 0.5) is 0 Å². The lowest BCUT2D eigenvalue weighted by atomic mass is 10.0. The van der Waals surface area contributed by atoms with Crippen molar-refractivity contribution in [1.82, 2.24) is 10.2 Å². The molecule has 6 heteroatoms. The molecule has 1 amide bonds. The Labute approximate surface area is 107 Å². The third-order valence-corrected chi connectivity index (χ3v) is 2.90. The largest absolute Gasteiger partial charge is 0.480 e. The van der Waals surface area contributed by atoms with Crippen molar-refractivity contribution in [2.45, 2.75) is 45.4 Å². The van der Waals surface area contributed by atoms with Crippen LogP contribution in [0, 0.1) is 0 Å². The smallest absolute Gasteiger partial charge is 0.323 e. The Morgan fingerprint density at radius 2 is 2.17 bits per heavy atom. The predicted molar refractivity (Wildman–Crippen MR) is 66.3 cm³/mol. The van der Waals surface area contributed by atoms with Crippen LogP contribution in [0.3, 0.4) is 0 Å². The van der Waals surface area contributed by atoms with E-state index in [4.69, 9.17) is 9.84 Å². The van der Waals surface area contributed by atoms with Gasteiger partial charge in [-0.15, -0.1) is 0 Å². The fourth-order valence-electron chi connectivity index (χ4n) is 2.22. The Morgan fingerprint density at radius 1 is 1.56 bits per heavy atom. The van der Waals surface area contributed by atoms with Crippen LogP contribution in [0.25, 0.3) is 0 Å². The van der Waals surface area contributed by atoms with Crippen molar-refractivity contribution < 1.29 is 19.4 Å². The standard InChI is InChI=1S/C12H22N2O4/c1-8(13-9(2)15)5-14-7-12(3,4)18-6-10(14)11(16)17/h8,10H,5-7H2,1-4H3,(H,13,15)(H,16,17)/t8?,10-/m0/s1. The van der Waals surface area contributed by atoms with E-state index in [0.717, 1.165) is 0 Å². The molecule has 0 aromatic heterocycles. The summed E-state index contributed by atoms with van der Waals surface area (Å²) in [5.74, 6) is -0.998. The Balaban J connectivity index is 2.67. The van der Waals surface area contributed by atoms with Gasteiger partial charge >= 0.3 is 5.97 Å². The molecule has 104 valence electrons. The number of amides is 1. The molecule has 1 heterocycles. The maximum Gasteiger partial charge on any atom is 0.323 e. The van der Waals surface area contributed by atoms with E-state index in [-0.39, 0.29) is 24.2 Å². The molecule has 1 aliphatic heterocycles. The van der Waals surface area contributed by atoms with Gasteiger partial charge in [0.2, 0.25) is 5.91 Å². The minimum Gasteiger partial charge on any atom is -0.480 e. The lowest BCUT2D eigenvalue weighted by Crippen LogP contribution is -2.59. The Morgan fingerprint density at radius 3 is 2.67 bits per heavy atom. The second kappa shape index (κ2) is 5.67. The van der Waals surface area contributed by atoms with E-state index in [9.17, 15) is 9.59 Å². The first kappa shape index (κ1) is 14.9. The molecule has 1 fully saturated rings. The maximum absolute atomic E-state index is 11.2. The van der Waals surface area contributed by atoms with Crippen molar-refractivity contribution in [3.63, 3.8) is 0 Å². The number of nitrogens with one attached hydrogen (secondary N) is 1. The molecule has 0 saturated carbocycles. The van der Waals surface area contributed by atoms with Crippen molar-refractivity contribution in [3.05, 3.63) is 0 Å². The first-order chi connectivity index (χ1) is 8.21. The van der Waals surface area contributed by atoms with Gasteiger partial charge < -0.3 is 15.2 Å². The number of carbonyl (C=O) groups is 2. The van der Waals surface area contributed by atoms with E-state index < -0.39 is 12.0 Å². The van der Waals surface area contributed by atoms with Gasteiger partial charge in [0.05, 0.1) is 12.2 Å². The van der Waals surface area contributed by atoms with Gasteiger partial charge in [-0.05, 0) is 20.8 Å². The number of ether oxygens (including phenoxy) is 1. The molecule has 1 aliphatic rings. The first-order valence-corrected chi connectivity index (χ1v) is 6.09. The van der Waals surface area contributed by atoms with Crippen LogP contribution in [-0.4, -0.2) is 59.3 Å². The summed E-state index contributed by atoms with van der Waals surface area (Å²) >= 11 is 0. The van der Waals surface area contributed by atoms with Crippen molar-refractivity contribution in [2.24, 2.45) is 0 Å². The summed E-state index contributed by atoms with van der Waals surface area (Å²) in [4.78, 5) is 24.0. The van der Waals surface area contributed by atoms with E-state index in [1.54, 1.807) is 0 Å². The topological polar surface area (TPSA) is 78.9 Å². The monoisotopic (exact) mass is 258 g/mol. The van der Waals surface area contributed by atoms with E-state index in [1.165, 1.54) is 6.92 Å². The van der Waals surface area contributed by atoms with Gasteiger partial charge in [-0.3, -0.25) is 14.5 Å². The third-order valence-electron chi connectivity index (χ3n) is 2.90. The van der Waals surface area contributed by atoms with Crippen LogP contribution >= 0.6 is 0 Å². The molecule has 6 nitrogen and oxygen atoms in total. The number of nitrogens with zero attached hydrogens (tertiary/aromatic N) is 1. The summed E-state index contributed by atoms with van der Waals surface area (Å²) in [5.41, 5.74) is -0.359. The van der Waals surface area contributed by atoms with Crippen molar-refractivity contribution >= 4 is 11.9 Å². The highest BCUT2D eigenvalue weighted by atomic mass is 16.5. The average Bonchev–Trinajstić information content (AvgIpc) is 2.13. The molecule has 2 N–H and O–H groups in total. The highest BCUT2D eigenvalue weighted by Crippen LogP contribution is 2.21. The Kier molecular flexibility index (Phi) is 4.70. The van der Waals surface area contributed by atoms with Crippen LogP contribution in [0.15, 0.2) is 0 Å². The van der Waals surface area contributed by atoms with Gasteiger partial charge in [0.25, 0.3) is 0 Å². The molecule has 0 bridgehead atoms. The quantitative estimate of drug-likeness (QED) is 0.746. The maximum atomic E-state index is 11.2. The van der Waals surface area contributed by atoms with Crippen LogP contribution in [0.1, 0.15) is 27.7 Å². The van der Waals surface area contributed by atoms with E-state index in [0.29, 0.717) is 13.1 Å². The zero-order chi connectivity index (χ0) is 13.9. The summed E-state index contributed by atoms with van der Waals surface area (Å²) in [7, 11) is 0. The molecule has 0 radical (unpaired) electrons. The number of hydrogen-bond acceptors (Lipinski definition) is 4. The molecule has 2 atom stereocenters. The molecule has 1 saturated heterocycles. The van der Waals surface area contributed by atoms with Gasteiger partial charge in [0, 0.05) is 26.1 Å².